The fourth-order valence-electron chi connectivity index (χ4n) is 1.41. The van der Waals surface area contributed by atoms with Crippen molar-refractivity contribution in [1.82, 2.24) is 5.32 Å². The van der Waals surface area contributed by atoms with Crippen molar-refractivity contribution in [1.29, 1.82) is 0 Å². The van der Waals surface area contributed by atoms with Crippen LogP contribution in [0.5, 0.6) is 0 Å². The molecule has 0 bridgehead atoms. The first kappa shape index (κ1) is 15.6. The van der Waals surface area contributed by atoms with Gasteiger partial charge in [0.05, 0.1) is 15.7 Å². The number of benzene rings is 1. The minimum atomic E-state index is 0.00172. The van der Waals surface area contributed by atoms with Gasteiger partial charge in [0, 0.05) is 23.5 Å². The van der Waals surface area contributed by atoms with E-state index in [1.165, 1.54) is 0 Å². The molecule has 0 saturated heterocycles. The number of halogens is 3. The first-order valence-corrected chi connectivity index (χ1v) is 7.13. The van der Waals surface area contributed by atoms with Crippen LogP contribution in [0, 0.1) is 0 Å². The first-order chi connectivity index (χ1) is 8.40. The number of carbonyl (C=O) groups excluding carboxylic acids is 1. The summed E-state index contributed by atoms with van der Waals surface area (Å²) in [6.45, 7) is 4.33. The molecule has 0 radical (unpaired) electrons. The van der Waals surface area contributed by atoms with Gasteiger partial charge in [0.1, 0.15) is 0 Å². The maximum absolute atomic E-state index is 11.4. The van der Waals surface area contributed by atoms with Crippen LogP contribution in [0.4, 0.5) is 5.69 Å². The van der Waals surface area contributed by atoms with Gasteiger partial charge in [0.2, 0.25) is 5.91 Å². The minimum absolute atomic E-state index is 0.00172. The first-order valence-electron chi connectivity index (χ1n) is 5.58. The summed E-state index contributed by atoms with van der Waals surface area (Å²) in [7, 11) is 0. The summed E-state index contributed by atoms with van der Waals surface area (Å²) in [5, 5.41) is 6.94. The molecule has 0 aromatic heterocycles. The van der Waals surface area contributed by atoms with E-state index in [1.54, 1.807) is 12.1 Å². The van der Waals surface area contributed by atoms with Crippen LogP contribution in [0.1, 0.15) is 20.3 Å². The molecule has 0 fully saturated rings. The fourth-order valence-corrected chi connectivity index (χ4v) is 2.75. The third kappa shape index (κ3) is 5.04. The lowest BCUT2D eigenvalue weighted by atomic mass is 10.3. The largest absolute Gasteiger partial charge is 0.382 e. The molecule has 0 aliphatic rings. The molecule has 1 aromatic rings. The zero-order valence-electron chi connectivity index (χ0n) is 10.2. The van der Waals surface area contributed by atoms with Crippen LogP contribution in [0.15, 0.2) is 16.6 Å². The van der Waals surface area contributed by atoms with E-state index in [0.29, 0.717) is 28.7 Å². The Morgan fingerprint density at radius 3 is 2.39 bits per heavy atom. The average Bonchev–Trinajstić information content (AvgIpc) is 2.20. The molecule has 0 aliphatic carbocycles. The van der Waals surface area contributed by atoms with Crippen LogP contribution in [0.3, 0.4) is 0 Å². The second-order valence-electron chi connectivity index (χ2n) is 4.14. The third-order valence-corrected chi connectivity index (χ3v) is 3.16. The highest BCUT2D eigenvalue weighted by molar-refractivity contribution is 9.10. The predicted molar refractivity (Wildman–Crippen MR) is 80.5 cm³/mol. The number of hydrogen-bond donors (Lipinski definition) is 2. The molecule has 6 heteroatoms. The van der Waals surface area contributed by atoms with Crippen molar-refractivity contribution in [3.8, 4) is 0 Å². The second-order valence-corrected chi connectivity index (χ2v) is 5.87. The summed E-state index contributed by atoms with van der Waals surface area (Å²) >= 11 is 15.4. The van der Waals surface area contributed by atoms with Gasteiger partial charge < -0.3 is 10.6 Å². The van der Waals surface area contributed by atoms with Crippen LogP contribution in [-0.4, -0.2) is 18.5 Å². The highest BCUT2D eigenvalue weighted by atomic mass is 79.9. The van der Waals surface area contributed by atoms with E-state index in [9.17, 15) is 4.79 Å². The molecule has 0 atom stereocenters. The fraction of sp³-hybridized carbons (Fsp3) is 0.417. The van der Waals surface area contributed by atoms with Crippen LogP contribution in [-0.2, 0) is 4.79 Å². The van der Waals surface area contributed by atoms with Gasteiger partial charge in [-0.2, -0.15) is 0 Å². The van der Waals surface area contributed by atoms with Gasteiger partial charge in [-0.15, -0.1) is 0 Å². The molecule has 0 aliphatic heterocycles. The van der Waals surface area contributed by atoms with Gasteiger partial charge >= 0.3 is 0 Å². The van der Waals surface area contributed by atoms with E-state index in [4.69, 9.17) is 23.2 Å². The van der Waals surface area contributed by atoms with E-state index >= 15 is 0 Å². The SMILES string of the molecule is CC(C)NC(=O)CCNc1c(Cl)cc(Br)cc1Cl. The van der Waals surface area contributed by atoms with E-state index in [1.807, 2.05) is 13.8 Å². The molecule has 0 saturated carbocycles. The molecule has 1 amide bonds. The van der Waals surface area contributed by atoms with Gasteiger partial charge in [0.25, 0.3) is 0 Å². The zero-order valence-corrected chi connectivity index (χ0v) is 13.3. The molecule has 18 heavy (non-hydrogen) atoms. The van der Waals surface area contributed by atoms with Crippen molar-refractivity contribution < 1.29 is 4.79 Å². The average molecular weight is 354 g/mol. The monoisotopic (exact) mass is 352 g/mol. The Balaban J connectivity index is 2.52. The number of hydrogen-bond acceptors (Lipinski definition) is 2. The molecule has 2 N–H and O–H groups in total. The molecule has 0 unspecified atom stereocenters. The highest BCUT2D eigenvalue weighted by Crippen LogP contribution is 2.33. The summed E-state index contributed by atoms with van der Waals surface area (Å²) in [6.07, 6.45) is 0.376. The molecule has 3 nitrogen and oxygen atoms in total. The topological polar surface area (TPSA) is 41.1 Å². The molecule has 1 aromatic carbocycles. The lowest BCUT2D eigenvalue weighted by Gasteiger charge is -2.12. The van der Waals surface area contributed by atoms with Gasteiger partial charge in [-0.05, 0) is 26.0 Å². The van der Waals surface area contributed by atoms with Crippen molar-refractivity contribution in [2.24, 2.45) is 0 Å². The summed E-state index contributed by atoms with van der Waals surface area (Å²) in [5.74, 6) is 0.00172. The summed E-state index contributed by atoms with van der Waals surface area (Å²) in [4.78, 5) is 11.4. The van der Waals surface area contributed by atoms with Crippen molar-refractivity contribution in [3.05, 3.63) is 26.7 Å². The number of nitrogens with one attached hydrogen (secondary N) is 2. The normalized spacial score (nSPS) is 10.6. The van der Waals surface area contributed by atoms with Crippen molar-refractivity contribution in [2.75, 3.05) is 11.9 Å². The molecule has 100 valence electrons. The Labute approximate surface area is 125 Å². The highest BCUT2D eigenvalue weighted by Gasteiger charge is 2.08. The Kier molecular flexibility index (Phi) is 6.26. The molecule has 0 heterocycles. The summed E-state index contributed by atoms with van der Waals surface area (Å²) < 4.78 is 0.820. The van der Waals surface area contributed by atoms with Gasteiger partial charge in [0.15, 0.2) is 0 Å². The zero-order chi connectivity index (χ0) is 13.7. The Bertz CT molecular complexity index is 415. The Morgan fingerprint density at radius 2 is 1.89 bits per heavy atom. The molecular formula is C12H15BrCl2N2O. The molecule has 1 rings (SSSR count). The number of amides is 1. The van der Waals surface area contributed by atoms with Gasteiger partial charge in [-0.1, -0.05) is 39.1 Å². The van der Waals surface area contributed by atoms with E-state index in [0.717, 1.165) is 4.47 Å². The van der Waals surface area contributed by atoms with Crippen LogP contribution >= 0.6 is 39.1 Å². The van der Waals surface area contributed by atoms with E-state index in [2.05, 4.69) is 26.6 Å². The van der Waals surface area contributed by atoms with Gasteiger partial charge in [-0.25, -0.2) is 0 Å². The number of anilines is 1. The van der Waals surface area contributed by atoms with Crippen LogP contribution in [0.2, 0.25) is 10.0 Å². The minimum Gasteiger partial charge on any atom is -0.382 e. The van der Waals surface area contributed by atoms with Gasteiger partial charge in [-0.3, -0.25) is 4.79 Å². The van der Waals surface area contributed by atoms with E-state index < -0.39 is 0 Å². The van der Waals surface area contributed by atoms with Crippen molar-refractivity contribution in [2.45, 2.75) is 26.3 Å². The maximum atomic E-state index is 11.4. The number of rotatable bonds is 5. The third-order valence-electron chi connectivity index (χ3n) is 2.11. The van der Waals surface area contributed by atoms with E-state index in [-0.39, 0.29) is 11.9 Å². The van der Waals surface area contributed by atoms with Crippen LogP contribution in [0.25, 0.3) is 0 Å². The summed E-state index contributed by atoms with van der Waals surface area (Å²) in [6, 6.07) is 3.66. The second kappa shape index (κ2) is 7.22. The predicted octanol–water partition coefficient (Wildman–Crippen LogP) is 4.08. The molecular weight excluding hydrogens is 339 g/mol. The quantitative estimate of drug-likeness (QED) is 0.837. The lowest BCUT2D eigenvalue weighted by molar-refractivity contribution is -0.121. The Morgan fingerprint density at radius 1 is 1.33 bits per heavy atom. The Hall–Kier alpha value is -0.450. The molecule has 0 spiro atoms. The van der Waals surface area contributed by atoms with Crippen LogP contribution < -0.4 is 10.6 Å². The number of carbonyl (C=O) groups is 1. The van der Waals surface area contributed by atoms with Crippen molar-refractivity contribution in [3.63, 3.8) is 0 Å². The van der Waals surface area contributed by atoms with Crippen molar-refractivity contribution >= 4 is 50.7 Å². The summed E-state index contributed by atoms with van der Waals surface area (Å²) in [5.41, 5.74) is 0.652. The lowest BCUT2D eigenvalue weighted by Crippen LogP contribution is -2.31. The standard InChI is InChI=1S/C12H15BrCl2N2O/c1-7(2)17-11(18)3-4-16-12-9(14)5-8(13)6-10(12)15/h5-7,16H,3-4H2,1-2H3,(H,17,18). The maximum Gasteiger partial charge on any atom is 0.221 e. The smallest absolute Gasteiger partial charge is 0.221 e.